The van der Waals surface area contributed by atoms with Crippen molar-refractivity contribution in [3.63, 3.8) is 0 Å². The average molecular weight is 304 g/mol. The Morgan fingerprint density at radius 3 is 2.35 bits per heavy atom. The van der Waals surface area contributed by atoms with Gasteiger partial charge in [-0.1, -0.05) is 60.2 Å². The number of aryl methyl sites for hydroxylation is 1. The van der Waals surface area contributed by atoms with Crippen LogP contribution < -0.4 is 0 Å². The molecule has 3 heteroatoms. The Hall–Kier alpha value is -2.52. The molecule has 0 fully saturated rings. The molecule has 2 aromatic carbocycles. The fraction of sp³-hybridized carbons (Fsp3) is 0.200. The van der Waals surface area contributed by atoms with Crippen molar-refractivity contribution in [3.8, 4) is 11.3 Å². The van der Waals surface area contributed by atoms with Crippen molar-refractivity contribution in [2.45, 2.75) is 19.8 Å². The van der Waals surface area contributed by atoms with E-state index < -0.39 is 0 Å². The van der Waals surface area contributed by atoms with Crippen molar-refractivity contribution < 1.29 is 5.11 Å². The maximum absolute atomic E-state index is 9.24. The number of hydrogen-bond acceptors (Lipinski definition) is 3. The van der Waals surface area contributed by atoms with E-state index in [1.165, 1.54) is 11.1 Å². The molecule has 0 aliphatic carbocycles. The van der Waals surface area contributed by atoms with Crippen molar-refractivity contribution in [3.05, 3.63) is 83.3 Å². The highest BCUT2D eigenvalue weighted by molar-refractivity contribution is 5.59. The third kappa shape index (κ3) is 4.02. The highest BCUT2D eigenvalue weighted by atomic mass is 16.3. The molecule has 0 bridgehead atoms. The molecule has 23 heavy (non-hydrogen) atoms. The fourth-order valence-electron chi connectivity index (χ4n) is 2.52. The van der Waals surface area contributed by atoms with Crippen LogP contribution in [0.4, 0.5) is 0 Å². The largest absolute Gasteiger partial charge is 0.396 e. The molecule has 0 radical (unpaired) electrons. The summed E-state index contributed by atoms with van der Waals surface area (Å²) in [5.74, 6) is 0.790. The molecule has 1 aromatic heterocycles. The zero-order valence-corrected chi connectivity index (χ0v) is 13.2. The van der Waals surface area contributed by atoms with Gasteiger partial charge in [0, 0.05) is 30.7 Å². The van der Waals surface area contributed by atoms with Gasteiger partial charge in [0.25, 0.3) is 0 Å². The van der Waals surface area contributed by atoms with Crippen LogP contribution in [0.25, 0.3) is 11.3 Å². The lowest BCUT2D eigenvalue weighted by Crippen LogP contribution is -2.04. The van der Waals surface area contributed by atoms with E-state index in [1.807, 2.05) is 24.3 Å². The SMILES string of the molecule is Cc1ccc(-c2cc(CCO)nc(Cc3ccccc3)n2)cc1. The third-order valence-electron chi connectivity index (χ3n) is 3.75. The van der Waals surface area contributed by atoms with Gasteiger partial charge >= 0.3 is 0 Å². The van der Waals surface area contributed by atoms with E-state index in [9.17, 15) is 5.11 Å². The number of rotatable bonds is 5. The van der Waals surface area contributed by atoms with Crippen LogP contribution in [0, 0.1) is 6.92 Å². The number of nitrogens with zero attached hydrogens (tertiary/aromatic N) is 2. The summed E-state index contributed by atoms with van der Waals surface area (Å²) in [5, 5.41) is 9.24. The molecule has 0 unspecified atom stereocenters. The summed E-state index contributed by atoms with van der Waals surface area (Å²) in [5.41, 5.74) is 5.27. The minimum absolute atomic E-state index is 0.0924. The van der Waals surface area contributed by atoms with Crippen LogP contribution in [0.2, 0.25) is 0 Å². The van der Waals surface area contributed by atoms with Gasteiger partial charge in [-0.25, -0.2) is 9.97 Å². The van der Waals surface area contributed by atoms with Crippen LogP contribution >= 0.6 is 0 Å². The van der Waals surface area contributed by atoms with Gasteiger partial charge < -0.3 is 5.11 Å². The van der Waals surface area contributed by atoms with Crippen molar-refractivity contribution in [2.24, 2.45) is 0 Å². The standard InChI is InChI=1S/C20H20N2O/c1-15-7-9-17(10-8-15)19-14-18(11-12-23)21-20(22-19)13-16-5-3-2-4-6-16/h2-10,14,23H,11-13H2,1H3. The summed E-state index contributed by atoms with van der Waals surface area (Å²) in [6.45, 7) is 2.16. The normalized spacial score (nSPS) is 10.7. The first-order valence-electron chi connectivity index (χ1n) is 7.83. The molecule has 0 aliphatic rings. The van der Waals surface area contributed by atoms with E-state index in [-0.39, 0.29) is 6.61 Å². The zero-order chi connectivity index (χ0) is 16.1. The molecule has 0 amide bonds. The number of hydrogen-bond donors (Lipinski definition) is 1. The van der Waals surface area contributed by atoms with Gasteiger partial charge in [0.15, 0.2) is 0 Å². The summed E-state index contributed by atoms with van der Waals surface area (Å²) in [7, 11) is 0. The van der Waals surface area contributed by atoms with Crippen LogP contribution in [0.1, 0.15) is 22.6 Å². The van der Waals surface area contributed by atoms with E-state index in [0.717, 1.165) is 22.8 Å². The van der Waals surface area contributed by atoms with Gasteiger partial charge in [-0.15, -0.1) is 0 Å². The average Bonchev–Trinajstić information content (AvgIpc) is 2.56. The lowest BCUT2D eigenvalue weighted by Gasteiger charge is -2.08. The van der Waals surface area contributed by atoms with Gasteiger partial charge in [0.1, 0.15) is 5.82 Å². The van der Waals surface area contributed by atoms with Gasteiger partial charge in [-0.05, 0) is 18.6 Å². The van der Waals surface area contributed by atoms with Crippen molar-refractivity contribution >= 4 is 0 Å². The van der Waals surface area contributed by atoms with Crippen molar-refractivity contribution in [1.82, 2.24) is 9.97 Å². The summed E-state index contributed by atoms with van der Waals surface area (Å²) in [6.07, 6.45) is 1.24. The lowest BCUT2D eigenvalue weighted by atomic mass is 10.1. The summed E-state index contributed by atoms with van der Waals surface area (Å²) >= 11 is 0. The molecule has 3 nitrogen and oxygen atoms in total. The Morgan fingerprint density at radius 1 is 0.913 bits per heavy atom. The molecule has 116 valence electrons. The van der Waals surface area contributed by atoms with Gasteiger partial charge in [0.05, 0.1) is 5.69 Å². The quantitative estimate of drug-likeness (QED) is 0.783. The number of benzene rings is 2. The second-order valence-electron chi connectivity index (χ2n) is 5.66. The summed E-state index contributed by atoms with van der Waals surface area (Å²) in [6, 6.07) is 20.5. The number of aromatic nitrogens is 2. The number of aliphatic hydroxyl groups excluding tert-OH is 1. The lowest BCUT2D eigenvalue weighted by molar-refractivity contribution is 0.298. The van der Waals surface area contributed by atoms with Crippen molar-refractivity contribution in [1.29, 1.82) is 0 Å². The maximum atomic E-state index is 9.24. The van der Waals surface area contributed by atoms with E-state index in [0.29, 0.717) is 12.8 Å². The van der Waals surface area contributed by atoms with E-state index in [4.69, 9.17) is 4.98 Å². The van der Waals surface area contributed by atoms with Crippen molar-refractivity contribution in [2.75, 3.05) is 6.61 Å². The highest BCUT2D eigenvalue weighted by Gasteiger charge is 2.07. The Balaban J connectivity index is 1.97. The van der Waals surface area contributed by atoms with Crippen LogP contribution in [0.3, 0.4) is 0 Å². The van der Waals surface area contributed by atoms with E-state index >= 15 is 0 Å². The second-order valence-corrected chi connectivity index (χ2v) is 5.66. The Labute approximate surface area is 136 Å². The monoisotopic (exact) mass is 304 g/mol. The topological polar surface area (TPSA) is 46.0 Å². The van der Waals surface area contributed by atoms with Crippen LogP contribution in [0.15, 0.2) is 60.7 Å². The minimum atomic E-state index is 0.0924. The fourth-order valence-corrected chi connectivity index (χ4v) is 2.52. The van der Waals surface area contributed by atoms with Crippen LogP contribution in [0.5, 0.6) is 0 Å². The molecular formula is C20H20N2O. The molecular weight excluding hydrogens is 284 g/mol. The molecule has 0 spiro atoms. The summed E-state index contributed by atoms with van der Waals surface area (Å²) < 4.78 is 0. The molecule has 3 rings (SSSR count). The molecule has 1 N–H and O–H groups in total. The Morgan fingerprint density at radius 2 is 1.65 bits per heavy atom. The molecule has 0 saturated carbocycles. The molecule has 0 atom stereocenters. The Kier molecular flexibility index (Phi) is 4.79. The molecule has 0 aliphatic heterocycles. The van der Waals surface area contributed by atoms with Gasteiger partial charge in [-0.3, -0.25) is 0 Å². The van der Waals surface area contributed by atoms with Gasteiger partial charge in [-0.2, -0.15) is 0 Å². The van der Waals surface area contributed by atoms with E-state index in [1.54, 1.807) is 0 Å². The maximum Gasteiger partial charge on any atom is 0.133 e. The Bertz CT molecular complexity index is 767. The van der Waals surface area contributed by atoms with Crippen LogP contribution in [-0.4, -0.2) is 21.7 Å². The van der Waals surface area contributed by atoms with Crippen LogP contribution in [-0.2, 0) is 12.8 Å². The summed E-state index contributed by atoms with van der Waals surface area (Å²) in [4.78, 5) is 9.31. The van der Waals surface area contributed by atoms with Gasteiger partial charge in [0.2, 0.25) is 0 Å². The minimum Gasteiger partial charge on any atom is -0.396 e. The molecule has 1 heterocycles. The first-order valence-corrected chi connectivity index (χ1v) is 7.83. The first kappa shape index (κ1) is 15.4. The predicted molar refractivity (Wildman–Crippen MR) is 92.2 cm³/mol. The molecule has 0 saturated heterocycles. The highest BCUT2D eigenvalue weighted by Crippen LogP contribution is 2.20. The number of aliphatic hydroxyl groups is 1. The first-order chi connectivity index (χ1) is 11.2. The third-order valence-corrected chi connectivity index (χ3v) is 3.75. The molecule has 3 aromatic rings. The second kappa shape index (κ2) is 7.16. The predicted octanol–water partition coefficient (Wildman–Crippen LogP) is 3.58. The zero-order valence-electron chi connectivity index (χ0n) is 13.2. The van der Waals surface area contributed by atoms with E-state index in [2.05, 4.69) is 48.3 Å². The smallest absolute Gasteiger partial charge is 0.133 e.